The number of nitrogens with zero attached hydrogens (tertiary/aromatic N) is 4. The van der Waals surface area contributed by atoms with Crippen molar-refractivity contribution in [3.63, 3.8) is 0 Å². The van der Waals surface area contributed by atoms with Crippen LogP contribution in [0.1, 0.15) is 12.8 Å². The van der Waals surface area contributed by atoms with Gasteiger partial charge in [0.15, 0.2) is 5.78 Å². The first-order chi connectivity index (χ1) is 7.54. The van der Waals surface area contributed by atoms with Crippen LogP contribution in [0.2, 0.25) is 0 Å². The molecule has 8 nitrogen and oxygen atoms in total. The molecule has 0 radical (unpaired) electrons. The number of Topliss-reactive ketones (excluding diaryl/α,β-unsaturated/α-hetero) is 1. The molecule has 0 aliphatic rings. The van der Waals surface area contributed by atoms with Crippen molar-refractivity contribution in [2.75, 3.05) is 6.54 Å². The third kappa shape index (κ3) is 4.72. The lowest BCUT2D eigenvalue weighted by Gasteiger charge is -2.20. The van der Waals surface area contributed by atoms with E-state index in [1.165, 1.54) is 0 Å². The van der Waals surface area contributed by atoms with Crippen molar-refractivity contribution >= 4 is 5.78 Å². The summed E-state index contributed by atoms with van der Waals surface area (Å²) in [6.07, 6.45) is -5.30. The van der Waals surface area contributed by atoms with Crippen molar-refractivity contribution in [3.05, 3.63) is 10.4 Å². The lowest BCUT2D eigenvalue weighted by molar-refractivity contribution is -0.137. The molecule has 88 valence electrons. The summed E-state index contributed by atoms with van der Waals surface area (Å²) in [7, 11) is 0. The minimum absolute atomic E-state index is 0.0743. The van der Waals surface area contributed by atoms with Crippen LogP contribution in [0.4, 0.5) is 0 Å². The van der Waals surface area contributed by atoms with Gasteiger partial charge in [0, 0.05) is 17.8 Å². The quantitative estimate of drug-likeness (QED) is 0.297. The predicted molar refractivity (Wildman–Crippen MR) is 51.9 cm³/mol. The van der Waals surface area contributed by atoms with Crippen LogP contribution in [-0.2, 0) is 4.79 Å². The lowest BCUT2D eigenvalue weighted by Crippen LogP contribution is -2.43. The molecule has 0 spiro atoms. The number of azide groups is 1. The van der Waals surface area contributed by atoms with Gasteiger partial charge in [0.05, 0.1) is 18.7 Å². The Morgan fingerprint density at radius 1 is 1.50 bits per heavy atom. The largest absolute Gasteiger partial charge is 0.390 e. The van der Waals surface area contributed by atoms with Gasteiger partial charge in [0.1, 0.15) is 12.2 Å². The van der Waals surface area contributed by atoms with Crippen LogP contribution in [0, 0.1) is 11.3 Å². The zero-order chi connectivity index (χ0) is 12.6. The number of hydrogen-bond acceptors (Lipinski definition) is 6. The Morgan fingerprint density at radius 2 is 2.12 bits per heavy atom. The van der Waals surface area contributed by atoms with Gasteiger partial charge in [-0.2, -0.15) is 5.26 Å². The molecule has 8 heteroatoms. The van der Waals surface area contributed by atoms with E-state index in [0.717, 1.165) is 0 Å². The molecule has 0 rings (SSSR count). The normalized spacial score (nSPS) is 15.4. The fourth-order valence-electron chi connectivity index (χ4n) is 0.956. The predicted octanol–water partition coefficient (Wildman–Crippen LogP) is -0.748. The summed E-state index contributed by atoms with van der Waals surface area (Å²) in [5, 5.41) is 39.0. The van der Waals surface area contributed by atoms with E-state index in [1.54, 1.807) is 6.07 Å². The van der Waals surface area contributed by atoms with Crippen LogP contribution < -0.4 is 0 Å². The molecule has 0 heterocycles. The maximum absolute atomic E-state index is 11.1. The van der Waals surface area contributed by atoms with Crippen molar-refractivity contribution in [2.45, 2.75) is 31.2 Å². The second-order valence-electron chi connectivity index (χ2n) is 3.04. The molecule has 0 aromatic rings. The number of nitriles is 1. The molecule has 0 aliphatic carbocycles. The monoisotopic (exact) mass is 228 g/mol. The lowest BCUT2D eigenvalue weighted by atomic mass is 10.0. The average molecular weight is 228 g/mol. The fourth-order valence-corrected chi connectivity index (χ4v) is 0.956. The molecule has 0 aromatic carbocycles. The van der Waals surface area contributed by atoms with E-state index >= 15 is 0 Å². The van der Waals surface area contributed by atoms with Crippen LogP contribution in [0.15, 0.2) is 5.11 Å². The number of carbonyl (C=O) groups is 1. The molecular formula is C8H12N4O4. The minimum Gasteiger partial charge on any atom is -0.390 e. The molecule has 16 heavy (non-hydrogen) atoms. The standard InChI is InChI=1S/C8H12N4O4/c9-3-1-2-5(13)7(15)8(16)6(14)4-11-12-10/h6-8,14-16H,1-2,4H2/t6-,7+,8+/m0/s1. The SMILES string of the molecule is N#CCCC(=O)[C@@H](O)[C@H](O)[C@@H](O)CN=[N+]=[N-]. The van der Waals surface area contributed by atoms with Crippen molar-refractivity contribution in [1.82, 2.24) is 0 Å². The van der Waals surface area contributed by atoms with Crippen LogP contribution in [0.3, 0.4) is 0 Å². The van der Waals surface area contributed by atoms with Gasteiger partial charge in [-0.3, -0.25) is 4.79 Å². The van der Waals surface area contributed by atoms with Crippen molar-refractivity contribution in [1.29, 1.82) is 5.26 Å². The van der Waals surface area contributed by atoms with Gasteiger partial charge in [-0.25, -0.2) is 0 Å². The summed E-state index contributed by atoms with van der Waals surface area (Å²) in [6, 6.07) is 1.71. The highest BCUT2D eigenvalue weighted by molar-refractivity contribution is 5.83. The van der Waals surface area contributed by atoms with E-state index < -0.39 is 30.6 Å². The molecule has 0 aromatic heterocycles. The highest BCUT2D eigenvalue weighted by Gasteiger charge is 2.29. The Balaban J connectivity index is 4.25. The number of aliphatic hydroxyl groups excluding tert-OH is 3. The van der Waals surface area contributed by atoms with Gasteiger partial charge in [0.25, 0.3) is 0 Å². The maximum atomic E-state index is 11.1. The van der Waals surface area contributed by atoms with E-state index in [4.69, 9.17) is 10.8 Å². The zero-order valence-corrected chi connectivity index (χ0v) is 8.39. The van der Waals surface area contributed by atoms with Crippen molar-refractivity contribution < 1.29 is 20.1 Å². The summed E-state index contributed by atoms with van der Waals surface area (Å²) < 4.78 is 0. The topological polar surface area (TPSA) is 150 Å². The molecule has 0 aliphatic heterocycles. The first-order valence-electron chi connectivity index (χ1n) is 4.49. The summed E-state index contributed by atoms with van der Waals surface area (Å²) in [5.74, 6) is -0.742. The van der Waals surface area contributed by atoms with Gasteiger partial charge in [-0.05, 0) is 5.53 Å². The molecule has 3 atom stereocenters. The number of rotatable bonds is 7. The highest BCUT2D eigenvalue weighted by Crippen LogP contribution is 2.05. The van der Waals surface area contributed by atoms with E-state index in [1.807, 2.05) is 0 Å². The van der Waals surface area contributed by atoms with Crippen LogP contribution in [0.5, 0.6) is 0 Å². The molecule has 0 amide bonds. The summed E-state index contributed by atoms with van der Waals surface area (Å²) in [6.45, 7) is -0.444. The summed E-state index contributed by atoms with van der Waals surface area (Å²) in [5.41, 5.74) is 7.96. The molecule has 0 bridgehead atoms. The van der Waals surface area contributed by atoms with E-state index in [9.17, 15) is 20.1 Å². The van der Waals surface area contributed by atoms with E-state index in [-0.39, 0.29) is 12.8 Å². The maximum Gasteiger partial charge on any atom is 0.165 e. The van der Waals surface area contributed by atoms with Gasteiger partial charge in [-0.15, -0.1) is 0 Å². The molecule has 3 N–H and O–H groups in total. The molecular weight excluding hydrogens is 216 g/mol. The zero-order valence-electron chi connectivity index (χ0n) is 8.39. The van der Waals surface area contributed by atoms with Crippen LogP contribution in [0.25, 0.3) is 10.4 Å². The Hall–Kier alpha value is -1.65. The molecule has 0 unspecified atom stereocenters. The van der Waals surface area contributed by atoms with Gasteiger partial charge in [0.2, 0.25) is 0 Å². The first-order valence-corrected chi connectivity index (χ1v) is 4.49. The Bertz CT molecular complexity index is 320. The summed E-state index contributed by atoms with van der Waals surface area (Å²) in [4.78, 5) is 13.5. The number of aliphatic hydroxyl groups is 3. The van der Waals surface area contributed by atoms with E-state index in [0.29, 0.717) is 0 Å². The van der Waals surface area contributed by atoms with Gasteiger partial charge in [-0.1, -0.05) is 5.11 Å². The fraction of sp³-hybridized carbons (Fsp3) is 0.750. The Morgan fingerprint density at radius 3 is 2.62 bits per heavy atom. The van der Waals surface area contributed by atoms with Gasteiger partial charge >= 0.3 is 0 Å². The second kappa shape index (κ2) is 7.62. The first kappa shape index (κ1) is 14.3. The van der Waals surface area contributed by atoms with Crippen molar-refractivity contribution in [2.24, 2.45) is 5.11 Å². The number of carbonyl (C=O) groups excluding carboxylic acids is 1. The molecule has 0 saturated heterocycles. The second-order valence-corrected chi connectivity index (χ2v) is 3.04. The summed E-state index contributed by atoms with van der Waals surface area (Å²) >= 11 is 0. The van der Waals surface area contributed by atoms with Crippen LogP contribution in [-0.4, -0.2) is 46.0 Å². The molecule has 0 saturated carbocycles. The van der Waals surface area contributed by atoms with Crippen molar-refractivity contribution in [3.8, 4) is 6.07 Å². The highest BCUT2D eigenvalue weighted by atomic mass is 16.4. The molecule has 0 fully saturated rings. The average Bonchev–Trinajstić information content (AvgIpc) is 2.30. The Labute approximate surface area is 91.4 Å². The number of hydrogen-bond donors (Lipinski definition) is 3. The third-order valence-corrected chi connectivity index (χ3v) is 1.86. The minimum atomic E-state index is -1.78. The van der Waals surface area contributed by atoms with Gasteiger partial charge < -0.3 is 15.3 Å². The van der Waals surface area contributed by atoms with E-state index in [2.05, 4.69) is 10.0 Å². The van der Waals surface area contributed by atoms with Crippen LogP contribution >= 0.6 is 0 Å². The Kier molecular flexibility index (Phi) is 6.83. The number of ketones is 1. The smallest absolute Gasteiger partial charge is 0.165 e. The third-order valence-electron chi connectivity index (χ3n) is 1.86.